The Kier molecular flexibility index (Phi) is 5.06. The number of para-hydroxylation sites is 1. The molecule has 132 valence electrons. The van der Waals surface area contributed by atoms with E-state index >= 15 is 0 Å². The molecule has 1 atom stereocenters. The van der Waals surface area contributed by atoms with Crippen LogP contribution >= 0.6 is 23.8 Å². The van der Waals surface area contributed by atoms with Crippen molar-refractivity contribution in [2.24, 2.45) is 0 Å². The lowest BCUT2D eigenvalue weighted by atomic mass is 9.89. The highest BCUT2D eigenvalue weighted by Crippen LogP contribution is 2.41. The number of hydrogen-bond acceptors (Lipinski definition) is 3. The Hall–Kier alpha value is -1.98. The molecular weight excluding hydrogens is 356 g/mol. The van der Waals surface area contributed by atoms with E-state index in [0.29, 0.717) is 10.1 Å². The molecule has 0 saturated heterocycles. The number of halogens is 1. The van der Waals surface area contributed by atoms with E-state index in [4.69, 9.17) is 33.3 Å². The van der Waals surface area contributed by atoms with Crippen molar-refractivity contribution >= 4 is 34.6 Å². The molecule has 0 radical (unpaired) electrons. The van der Waals surface area contributed by atoms with Crippen molar-refractivity contribution in [1.82, 2.24) is 5.32 Å². The number of benzene rings is 2. The molecule has 0 aromatic heterocycles. The summed E-state index contributed by atoms with van der Waals surface area (Å²) >= 11 is 11.7. The number of nitrogens with one attached hydrogen (secondary N) is 2. The fourth-order valence-corrected chi connectivity index (χ4v) is 3.40. The van der Waals surface area contributed by atoms with Gasteiger partial charge < -0.3 is 20.1 Å². The number of hydrogen-bond donors (Lipinski definition) is 2. The van der Waals surface area contributed by atoms with Gasteiger partial charge in [0.25, 0.3) is 0 Å². The quantitative estimate of drug-likeness (QED) is 0.743. The van der Waals surface area contributed by atoms with E-state index in [2.05, 4.69) is 24.5 Å². The van der Waals surface area contributed by atoms with E-state index < -0.39 is 0 Å². The minimum atomic E-state index is -0.292. The molecule has 2 N–H and O–H groups in total. The minimum Gasteiger partial charge on any atom is -0.497 e. The van der Waals surface area contributed by atoms with Crippen LogP contribution in [0.2, 0.25) is 5.02 Å². The first-order valence-corrected chi connectivity index (χ1v) is 8.85. The summed E-state index contributed by atoms with van der Waals surface area (Å²) in [6.07, 6.45) is 0.775. The summed E-state index contributed by atoms with van der Waals surface area (Å²) in [5, 5.41) is 7.69. The van der Waals surface area contributed by atoms with Crippen LogP contribution in [0.25, 0.3) is 0 Å². The molecule has 4 nitrogen and oxygen atoms in total. The highest BCUT2D eigenvalue weighted by atomic mass is 35.5. The third-order valence-electron chi connectivity index (χ3n) is 4.10. The number of rotatable bonds is 3. The summed E-state index contributed by atoms with van der Waals surface area (Å²) in [4.78, 5) is 0. The van der Waals surface area contributed by atoms with Gasteiger partial charge in [0.05, 0.1) is 23.9 Å². The van der Waals surface area contributed by atoms with Gasteiger partial charge in [-0.2, -0.15) is 0 Å². The standard InChI is InChI=1S/C19H21ClN2O2S/c1-19(2)11-16(13-10-12(23-3)8-9-17(13)24-19)22-18(25)21-15-7-5-4-6-14(15)20/h4-10,16H,11H2,1-3H3,(H2,21,22,25). The highest BCUT2D eigenvalue weighted by Gasteiger charge is 2.34. The number of methoxy groups -OCH3 is 1. The summed E-state index contributed by atoms with van der Waals surface area (Å²) in [6, 6.07) is 13.3. The van der Waals surface area contributed by atoms with Gasteiger partial charge in [-0.3, -0.25) is 0 Å². The molecule has 3 rings (SSSR count). The molecule has 0 fully saturated rings. The molecule has 0 saturated carbocycles. The fraction of sp³-hybridized carbons (Fsp3) is 0.316. The van der Waals surface area contributed by atoms with Crippen molar-refractivity contribution in [3.63, 3.8) is 0 Å². The molecule has 0 aliphatic carbocycles. The molecule has 2 aromatic rings. The topological polar surface area (TPSA) is 42.5 Å². The van der Waals surface area contributed by atoms with Crippen LogP contribution in [0, 0.1) is 0 Å². The predicted molar refractivity (Wildman–Crippen MR) is 106 cm³/mol. The Morgan fingerprint density at radius 3 is 2.76 bits per heavy atom. The first kappa shape index (κ1) is 17.8. The maximum absolute atomic E-state index is 6.19. The third kappa shape index (κ3) is 4.17. The van der Waals surface area contributed by atoms with Crippen LogP contribution in [-0.2, 0) is 0 Å². The van der Waals surface area contributed by atoms with Gasteiger partial charge in [-0.15, -0.1) is 0 Å². The maximum Gasteiger partial charge on any atom is 0.171 e. The molecular formula is C19H21ClN2O2S. The van der Waals surface area contributed by atoms with Crippen LogP contribution in [0.1, 0.15) is 31.9 Å². The Morgan fingerprint density at radius 2 is 2.04 bits per heavy atom. The van der Waals surface area contributed by atoms with Crippen LogP contribution in [0.15, 0.2) is 42.5 Å². The van der Waals surface area contributed by atoms with Crippen molar-refractivity contribution in [3.05, 3.63) is 53.1 Å². The second-order valence-electron chi connectivity index (χ2n) is 6.60. The average molecular weight is 377 g/mol. The summed E-state index contributed by atoms with van der Waals surface area (Å²) in [5.41, 5.74) is 1.51. The molecule has 0 spiro atoms. The first-order chi connectivity index (χ1) is 11.9. The Morgan fingerprint density at radius 1 is 1.28 bits per heavy atom. The molecule has 1 unspecified atom stereocenters. The van der Waals surface area contributed by atoms with Crippen LogP contribution in [-0.4, -0.2) is 17.8 Å². The van der Waals surface area contributed by atoms with Gasteiger partial charge in [-0.1, -0.05) is 23.7 Å². The third-order valence-corrected chi connectivity index (χ3v) is 4.65. The van der Waals surface area contributed by atoms with E-state index in [1.165, 1.54) is 0 Å². The van der Waals surface area contributed by atoms with Gasteiger partial charge in [0.1, 0.15) is 17.1 Å². The van der Waals surface area contributed by atoms with Gasteiger partial charge in [0, 0.05) is 12.0 Å². The zero-order valence-electron chi connectivity index (χ0n) is 14.4. The largest absolute Gasteiger partial charge is 0.497 e. The SMILES string of the molecule is COc1ccc2c(c1)C(NC(=S)Nc1ccccc1Cl)CC(C)(C)O2. The van der Waals surface area contributed by atoms with Crippen molar-refractivity contribution in [3.8, 4) is 11.5 Å². The number of fused-ring (bicyclic) bond motifs is 1. The van der Waals surface area contributed by atoms with Crippen LogP contribution in [0.3, 0.4) is 0 Å². The van der Waals surface area contributed by atoms with Crippen molar-refractivity contribution in [2.45, 2.75) is 31.9 Å². The Balaban J connectivity index is 1.82. The summed E-state index contributed by atoms with van der Waals surface area (Å²) in [6.45, 7) is 4.14. The molecule has 1 aliphatic rings. The van der Waals surface area contributed by atoms with E-state index in [9.17, 15) is 0 Å². The lowest BCUT2D eigenvalue weighted by Gasteiger charge is -2.38. The molecule has 0 bridgehead atoms. The average Bonchev–Trinajstić information content (AvgIpc) is 2.55. The van der Waals surface area contributed by atoms with Crippen molar-refractivity contribution in [2.75, 3.05) is 12.4 Å². The second kappa shape index (κ2) is 7.10. The minimum absolute atomic E-state index is 0.0105. The number of thiocarbonyl (C=S) groups is 1. The van der Waals surface area contributed by atoms with E-state index in [-0.39, 0.29) is 11.6 Å². The molecule has 2 aromatic carbocycles. The summed E-state index contributed by atoms with van der Waals surface area (Å²) in [5.74, 6) is 1.63. The molecule has 1 heterocycles. The lowest BCUT2D eigenvalue weighted by Crippen LogP contribution is -2.42. The predicted octanol–water partition coefficient (Wildman–Crippen LogP) is 4.94. The summed E-state index contributed by atoms with van der Waals surface area (Å²) in [7, 11) is 1.65. The smallest absolute Gasteiger partial charge is 0.171 e. The molecule has 1 aliphatic heterocycles. The van der Waals surface area contributed by atoms with Gasteiger partial charge in [0.2, 0.25) is 0 Å². The maximum atomic E-state index is 6.19. The normalized spacial score (nSPS) is 17.8. The van der Waals surface area contributed by atoms with Gasteiger partial charge in [0.15, 0.2) is 5.11 Å². The number of ether oxygens (including phenoxy) is 2. The zero-order chi connectivity index (χ0) is 18.0. The van der Waals surface area contributed by atoms with Crippen molar-refractivity contribution in [1.29, 1.82) is 0 Å². The van der Waals surface area contributed by atoms with Gasteiger partial charge in [-0.25, -0.2) is 0 Å². The zero-order valence-corrected chi connectivity index (χ0v) is 16.0. The second-order valence-corrected chi connectivity index (χ2v) is 7.42. The van der Waals surface area contributed by atoms with E-state index in [0.717, 1.165) is 29.2 Å². The van der Waals surface area contributed by atoms with Gasteiger partial charge >= 0.3 is 0 Å². The summed E-state index contributed by atoms with van der Waals surface area (Å²) < 4.78 is 11.4. The first-order valence-electron chi connectivity index (χ1n) is 8.07. The highest BCUT2D eigenvalue weighted by molar-refractivity contribution is 7.80. The molecule has 25 heavy (non-hydrogen) atoms. The van der Waals surface area contributed by atoms with Crippen LogP contribution in [0.5, 0.6) is 11.5 Å². The lowest BCUT2D eigenvalue weighted by molar-refractivity contribution is 0.0695. The van der Waals surface area contributed by atoms with Crippen LogP contribution in [0.4, 0.5) is 5.69 Å². The van der Waals surface area contributed by atoms with Crippen LogP contribution < -0.4 is 20.1 Å². The van der Waals surface area contributed by atoms with Crippen molar-refractivity contribution < 1.29 is 9.47 Å². The Bertz CT molecular complexity index is 795. The van der Waals surface area contributed by atoms with E-state index in [1.54, 1.807) is 7.11 Å². The Labute approximate surface area is 158 Å². The monoisotopic (exact) mass is 376 g/mol. The number of anilines is 1. The molecule has 6 heteroatoms. The van der Waals surface area contributed by atoms with E-state index in [1.807, 2.05) is 42.5 Å². The fourth-order valence-electron chi connectivity index (χ4n) is 2.97. The van der Waals surface area contributed by atoms with Gasteiger partial charge in [-0.05, 0) is 56.4 Å². The molecule has 0 amide bonds.